The highest BCUT2D eigenvalue weighted by Crippen LogP contribution is 2.18. The van der Waals surface area contributed by atoms with E-state index in [1.54, 1.807) is 6.92 Å². The molecular formula is C12H13ClFNO3. The summed E-state index contributed by atoms with van der Waals surface area (Å²) in [5.74, 6) is -2.08. The van der Waals surface area contributed by atoms with E-state index in [0.29, 0.717) is 0 Å². The van der Waals surface area contributed by atoms with Crippen molar-refractivity contribution in [1.82, 2.24) is 5.32 Å². The van der Waals surface area contributed by atoms with Crippen LogP contribution < -0.4 is 5.32 Å². The molecule has 1 aromatic carbocycles. The predicted molar refractivity (Wildman–Crippen MR) is 65.0 cm³/mol. The van der Waals surface area contributed by atoms with Gasteiger partial charge in [-0.05, 0) is 26.0 Å². The first-order valence-electron chi connectivity index (χ1n) is 5.38. The highest BCUT2D eigenvalue weighted by molar-refractivity contribution is 6.33. The van der Waals surface area contributed by atoms with E-state index in [2.05, 4.69) is 5.32 Å². The molecule has 0 aliphatic carbocycles. The van der Waals surface area contributed by atoms with Crippen molar-refractivity contribution in [2.45, 2.75) is 19.9 Å². The Labute approximate surface area is 109 Å². The molecule has 0 aliphatic rings. The van der Waals surface area contributed by atoms with Gasteiger partial charge in [-0.25, -0.2) is 9.18 Å². The summed E-state index contributed by atoms with van der Waals surface area (Å²) in [6.07, 6.45) is 0. The Balaban J connectivity index is 2.80. The first-order chi connectivity index (χ1) is 8.47. The molecule has 0 saturated carbocycles. The fraction of sp³-hybridized carbons (Fsp3) is 0.333. The molecule has 0 bridgehead atoms. The Morgan fingerprint density at radius 2 is 2.17 bits per heavy atom. The van der Waals surface area contributed by atoms with E-state index in [1.807, 2.05) is 0 Å². The second kappa shape index (κ2) is 6.35. The van der Waals surface area contributed by atoms with Crippen molar-refractivity contribution in [2.24, 2.45) is 0 Å². The molecule has 0 fully saturated rings. The number of carbonyl (C=O) groups excluding carboxylic acids is 2. The third-order valence-corrected chi connectivity index (χ3v) is 2.49. The maximum absolute atomic E-state index is 13.4. The van der Waals surface area contributed by atoms with Crippen molar-refractivity contribution < 1.29 is 18.7 Å². The molecule has 4 nitrogen and oxygen atoms in total. The molecule has 0 spiro atoms. The molecule has 0 radical (unpaired) electrons. The summed E-state index contributed by atoms with van der Waals surface area (Å²) in [5, 5.41) is 2.31. The topological polar surface area (TPSA) is 55.4 Å². The SMILES string of the molecule is CCOC(=O)C(C)NC(=O)c1c(F)cccc1Cl. The number of rotatable bonds is 4. The van der Waals surface area contributed by atoms with Crippen LogP contribution in [0.15, 0.2) is 18.2 Å². The molecule has 1 rings (SSSR count). The zero-order valence-corrected chi connectivity index (χ0v) is 10.8. The van der Waals surface area contributed by atoms with Crippen molar-refractivity contribution >= 4 is 23.5 Å². The van der Waals surface area contributed by atoms with E-state index in [-0.39, 0.29) is 17.2 Å². The fourth-order valence-corrected chi connectivity index (χ4v) is 1.56. The minimum Gasteiger partial charge on any atom is -0.464 e. The molecule has 0 aliphatic heterocycles. The van der Waals surface area contributed by atoms with Crippen LogP contribution in [-0.2, 0) is 9.53 Å². The number of hydrogen-bond acceptors (Lipinski definition) is 3. The highest BCUT2D eigenvalue weighted by atomic mass is 35.5. The van der Waals surface area contributed by atoms with Crippen molar-refractivity contribution in [3.8, 4) is 0 Å². The highest BCUT2D eigenvalue weighted by Gasteiger charge is 2.21. The Bertz CT molecular complexity index is 444. The van der Waals surface area contributed by atoms with Crippen LogP contribution in [0.25, 0.3) is 0 Å². The Hall–Kier alpha value is -1.62. The van der Waals surface area contributed by atoms with Crippen molar-refractivity contribution in [3.63, 3.8) is 0 Å². The van der Waals surface area contributed by atoms with Crippen LogP contribution in [-0.4, -0.2) is 24.5 Å². The summed E-state index contributed by atoms with van der Waals surface area (Å²) >= 11 is 5.73. The molecule has 1 N–H and O–H groups in total. The van der Waals surface area contributed by atoms with E-state index >= 15 is 0 Å². The quantitative estimate of drug-likeness (QED) is 0.856. The van der Waals surface area contributed by atoms with Crippen molar-refractivity contribution in [1.29, 1.82) is 0 Å². The fourth-order valence-electron chi connectivity index (χ4n) is 1.31. The van der Waals surface area contributed by atoms with Crippen molar-refractivity contribution in [2.75, 3.05) is 6.61 Å². The second-order valence-corrected chi connectivity index (χ2v) is 3.95. The van der Waals surface area contributed by atoms with Crippen LogP contribution in [0, 0.1) is 5.82 Å². The molecule has 0 heterocycles. The van der Waals surface area contributed by atoms with Gasteiger partial charge in [0, 0.05) is 0 Å². The molecule has 6 heteroatoms. The lowest BCUT2D eigenvalue weighted by Crippen LogP contribution is -2.40. The monoisotopic (exact) mass is 273 g/mol. The number of carbonyl (C=O) groups is 2. The number of benzene rings is 1. The lowest BCUT2D eigenvalue weighted by molar-refractivity contribution is -0.144. The lowest BCUT2D eigenvalue weighted by atomic mass is 10.2. The lowest BCUT2D eigenvalue weighted by Gasteiger charge is -2.13. The summed E-state index contributed by atoms with van der Waals surface area (Å²) < 4.78 is 18.2. The smallest absolute Gasteiger partial charge is 0.328 e. The van der Waals surface area contributed by atoms with Gasteiger partial charge in [-0.1, -0.05) is 17.7 Å². The molecular weight excluding hydrogens is 261 g/mol. The molecule has 0 aromatic heterocycles. The number of amides is 1. The van der Waals surface area contributed by atoms with Gasteiger partial charge in [0.05, 0.1) is 17.2 Å². The third-order valence-electron chi connectivity index (χ3n) is 2.18. The van der Waals surface area contributed by atoms with Crippen LogP contribution in [0.2, 0.25) is 5.02 Å². The van der Waals surface area contributed by atoms with E-state index in [9.17, 15) is 14.0 Å². The largest absolute Gasteiger partial charge is 0.464 e. The van der Waals surface area contributed by atoms with Crippen LogP contribution in [0.4, 0.5) is 4.39 Å². The van der Waals surface area contributed by atoms with Gasteiger partial charge in [-0.15, -0.1) is 0 Å². The second-order valence-electron chi connectivity index (χ2n) is 3.54. The Kier molecular flexibility index (Phi) is 5.09. The summed E-state index contributed by atoms with van der Waals surface area (Å²) in [5.41, 5.74) is -0.282. The molecule has 1 atom stereocenters. The number of esters is 1. The van der Waals surface area contributed by atoms with Gasteiger partial charge >= 0.3 is 5.97 Å². The third kappa shape index (κ3) is 3.43. The first-order valence-corrected chi connectivity index (χ1v) is 5.76. The van der Waals surface area contributed by atoms with Crippen LogP contribution in [0.1, 0.15) is 24.2 Å². The van der Waals surface area contributed by atoms with E-state index in [4.69, 9.17) is 16.3 Å². The van der Waals surface area contributed by atoms with Gasteiger partial charge in [0.1, 0.15) is 11.9 Å². The van der Waals surface area contributed by atoms with Crippen LogP contribution in [0.3, 0.4) is 0 Å². The number of nitrogens with one attached hydrogen (secondary N) is 1. The Morgan fingerprint density at radius 1 is 1.50 bits per heavy atom. The van der Waals surface area contributed by atoms with Gasteiger partial charge in [0.25, 0.3) is 5.91 Å². The van der Waals surface area contributed by atoms with Crippen molar-refractivity contribution in [3.05, 3.63) is 34.6 Å². The predicted octanol–water partition coefficient (Wildman–Crippen LogP) is 2.16. The normalized spacial score (nSPS) is 11.8. The minimum atomic E-state index is -0.867. The summed E-state index contributed by atoms with van der Waals surface area (Å²) in [6.45, 7) is 3.31. The minimum absolute atomic E-state index is 0.0106. The molecule has 1 unspecified atom stereocenters. The van der Waals surface area contributed by atoms with E-state index < -0.39 is 23.7 Å². The van der Waals surface area contributed by atoms with Crippen LogP contribution in [0.5, 0.6) is 0 Å². The maximum atomic E-state index is 13.4. The molecule has 1 aromatic rings. The zero-order valence-electron chi connectivity index (χ0n) is 10.00. The van der Waals surface area contributed by atoms with Gasteiger partial charge in [0.15, 0.2) is 0 Å². The average Bonchev–Trinajstić information content (AvgIpc) is 2.28. The van der Waals surface area contributed by atoms with E-state index in [1.165, 1.54) is 19.1 Å². The summed E-state index contributed by atoms with van der Waals surface area (Å²) in [4.78, 5) is 23.1. The molecule has 18 heavy (non-hydrogen) atoms. The van der Waals surface area contributed by atoms with Gasteiger partial charge in [-0.3, -0.25) is 4.79 Å². The number of hydrogen-bond donors (Lipinski definition) is 1. The summed E-state index contributed by atoms with van der Waals surface area (Å²) in [6, 6.07) is 3.04. The molecule has 0 saturated heterocycles. The van der Waals surface area contributed by atoms with Gasteiger partial charge in [0.2, 0.25) is 0 Å². The number of halogens is 2. The Morgan fingerprint density at radius 3 is 2.72 bits per heavy atom. The summed E-state index contributed by atoms with van der Waals surface area (Å²) in [7, 11) is 0. The number of ether oxygens (including phenoxy) is 1. The maximum Gasteiger partial charge on any atom is 0.328 e. The average molecular weight is 274 g/mol. The first kappa shape index (κ1) is 14.4. The standard InChI is InChI=1S/C12H13ClFNO3/c1-3-18-12(17)7(2)15-11(16)10-8(13)5-4-6-9(10)14/h4-7H,3H2,1-2H3,(H,15,16). The zero-order chi connectivity index (χ0) is 13.7. The van der Waals surface area contributed by atoms with Crippen LogP contribution >= 0.6 is 11.6 Å². The van der Waals surface area contributed by atoms with E-state index in [0.717, 1.165) is 6.07 Å². The molecule has 98 valence electrons. The van der Waals surface area contributed by atoms with Gasteiger partial charge in [-0.2, -0.15) is 0 Å². The van der Waals surface area contributed by atoms with Gasteiger partial charge < -0.3 is 10.1 Å². The molecule has 1 amide bonds.